The summed E-state index contributed by atoms with van der Waals surface area (Å²) in [5.74, 6) is 0.648. The molecule has 0 spiro atoms. The van der Waals surface area contributed by atoms with Crippen molar-refractivity contribution in [2.45, 2.75) is 110 Å². The minimum atomic E-state index is -0.775. The van der Waals surface area contributed by atoms with Crippen LogP contribution in [-0.4, -0.2) is 55.9 Å². The Morgan fingerprint density at radius 3 is 2.76 bits per heavy atom. The highest BCUT2D eigenvalue weighted by molar-refractivity contribution is 5.59. The Balaban J connectivity index is 1.63. The van der Waals surface area contributed by atoms with Gasteiger partial charge in [-0.25, -0.2) is 0 Å². The smallest absolute Gasteiger partial charge is 0.184 e. The number of aliphatic hydroxyl groups excluding tert-OH is 2. The molecule has 166 valence electrons. The topological polar surface area (TPSA) is 89.6 Å². The van der Waals surface area contributed by atoms with Crippen molar-refractivity contribution in [3.05, 3.63) is 18.0 Å². The molecule has 1 aromatic heterocycles. The normalized spacial score (nSPS) is 26.8. The van der Waals surface area contributed by atoms with Crippen molar-refractivity contribution in [1.29, 1.82) is 0 Å². The monoisotopic (exact) mass is 409 g/mol. The first-order chi connectivity index (χ1) is 13.8. The average molecular weight is 410 g/mol. The van der Waals surface area contributed by atoms with Gasteiger partial charge < -0.3 is 19.7 Å². The van der Waals surface area contributed by atoms with Gasteiger partial charge >= 0.3 is 0 Å². The second-order valence-electron chi connectivity index (χ2n) is 8.76. The lowest BCUT2D eigenvalue weighted by Crippen LogP contribution is -2.48. The molecule has 0 bridgehead atoms. The second-order valence-corrected chi connectivity index (χ2v) is 8.76. The number of nitrogens with zero attached hydrogens (tertiary/aromatic N) is 3. The Hall–Kier alpha value is -1.28. The van der Waals surface area contributed by atoms with E-state index in [1.54, 1.807) is 6.92 Å². The van der Waals surface area contributed by atoms with E-state index in [0.717, 1.165) is 44.3 Å². The van der Waals surface area contributed by atoms with Crippen molar-refractivity contribution >= 4 is 5.57 Å². The van der Waals surface area contributed by atoms with E-state index in [9.17, 15) is 10.2 Å². The Morgan fingerprint density at radius 1 is 1.28 bits per heavy atom. The van der Waals surface area contributed by atoms with Crippen LogP contribution >= 0.6 is 0 Å². The van der Waals surface area contributed by atoms with E-state index in [-0.39, 0.29) is 12.2 Å². The number of ether oxygens (including phenoxy) is 2. The van der Waals surface area contributed by atoms with Crippen LogP contribution in [0.25, 0.3) is 5.57 Å². The lowest BCUT2D eigenvalue weighted by atomic mass is 10.0. The molecule has 0 aliphatic carbocycles. The lowest BCUT2D eigenvalue weighted by Gasteiger charge is -2.36. The van der Waals surface area contributed by atoms with Gasteiger partial charge in [0.25, 0.3) is 0 Å². The van der Waals surface area contributed by atoms with Gasteiger partial charge in [-0.15, -0.1) is 5.10 Å². The molecule has 1 aliphatic heterocycles. The van der Waals surface area contributed by atoms with Crippen LogP contribution in [0.3, 0.4) is 0 Å². The summed E-state index contributed by atoms with van der Waals surface area (Å²) in [6.45, 7) is 11.2. The van der Waals surface area contributed by atoms with Gasteiger partial charge in [0, 0.05) is 13.0 Å². The number of aryl methyl sites for hydroxylation is 1. The van der Waals surface area contributed by atoms with Crippen molar-refractivity contribution in [3.63, 3.8) is 0 Å². The molecule has 2 heterocycles. The van der Waals surface area contributed by atoms with Crippen LogP contribution in [0, 0.1) is 5.92 Å². The van der Waals surface area contributed by atoms with Crippen LogP contribution in [0.5, 0.6) is 0 Å². The number of allylic oxidation sites excluding steroid dienone is 2. The van der Waals surface area contributed by atoms with Crippen LogP contribution in [0.15, 0.2) is 12.3 Å². The van der Waals surface area contributed by atoms with E-state index in [1.807, 2.05) is 17.8 Å². The highest BCUT2D eigenvalue weighted by Crippen LogP contribution is 2.23. The molecule has 0 aromatic carbocycles. The number of hydrogen-bond donors (Lipinski definition) is 2. The third-order valence-corrected chi connectivity index (χ3v) is 5.39. The van der Waals surface area contributed by atoms with Gasteiger partial charge in [0.1, 0.15) is 11.8 Å². The molecule has 1 saturated heterocycles. The van der Waals surface area contributed by atoms with Crippen LogP contribution in [-0.2, 0) is 16.0 Å². The summed E-state index contributed by atoms with van der Waals surface area (Å²) in [6, 6.07) is 0. The maximum Gasteiger partial charge on any atom is 0.184 e. The van der Waals surface area contributed by atoms with Crippen LogP contribution in [0.1, 0.15) is 78.8 Å². The maximum atomic E-state index is 10.0. The molecule has 2 rings (SSSR count). The summed E-state index contributed by atoms with van der Waals surface area (Å²) >= 11 is 0. The first kappa shape index (κ1) is 24.0. The summed E-state index contributed by atoms with van der Waals surface area (Å²) in [5, 5.41) is 28.2. The van der Waals surface area contributed by atoms with E-state index in [0.29, 0.717) is 12.3 Å². The molecule has 1 aromatic rings. The molecule has 7 nitrogen and oxygen atoms in total. The fourth-order valence-corrected chi connectivity index (χ4v) is 3.35. The highest BCUT2D eigenvalue weighted by Gasteiger charge is 2.35. The zero-order valence-corrected chi connectivity index (χ0v) is 18.6. The summed E-state index contributed by atoms with van der Waals surface area (Å²) in [6.07, 6.45) is 7.30. The van der Waals surface area contributed by atoms with E-state index < -0.39 is 18.5 Å². The number of rotatable bonds is 11. The van der Waals surface area contributed by atoms with Crippen molar-refractivity contribution < 1.29 is 19.7 Å². The Labute approximate surface area is 175 Å². The zero-order chi connectivity index (χ0) is 21.4. The molecule has 5 atom stereocenters. The summed E-state index contributed by atoms with van der Waals surface area (Å²) in [7, 11) is 0. The van der Waals surface area contributed by atoms with Crippen LogP contribution < -0.4 is 0 Å². The highest BCUT2D eigenvalue weighted by atomic mass is 16.7. The minimum Gasteiger partial charge on any atom is -0.390 e. The average Bonchev–Trinajstić information content (AvgIpc) is 3.13. The van der Waals surface area contributed by atoms with Gasteiger partial charge in [-0.05, 0) is 51.5 Å². The maximum absolute atomic E-state index is 10.0. The summed E-state index contributed by atoms with van der Waals surface area (Å²) in [4.78, 5) is 0. The van der Waals surface area contributed by atoms with Crippen LogP contribution in [0.4, 0.5) is 0 Å². The molecule has 0 saturated carbocycles. The van der Waals surface area contributed by atoms with Crippen molar-refractivity contribution in [2.24, 2.45) is 5.92 Å². The summed E-state index contributed by atoms with van der Waals surface area (Å²) < 4.78 is 13.3. The molecule has 1 aliphatic rings. The minimum absolute atomic E-state index is 0.00353. The third kappa shape index (κ3) is 8.16. The summed E-state index contributed by atoms with van der Waals surface area (Å²) in [5.41, 5.74) is 2.14. The second kappa shape index (κ2) is 11.8. The lowest BCUT2D eigenvalue weighted by molar-refractivity contribution is -0.273. The molecule has 2 N–H and O–H groups in total. The first-order valence-electron chi connectivity index (χ1n) is 11.0. The SMILES string of the molecule is CC(=CCC(C)C)c1cn(CCCCCC(C)OC2OC(C)C(O)CC2O)nn1. The fourth-order valence-electron chi connectivity index (χ4n) is 3.35. The third-order valence-electron chi connectivity index (χ3n) is 5.39. The first-order valence-corrected chi connectivity index (χ1v) is 11.0. The molecular weight excluding hydrogens is 370 g/mol. The van der Waals surface area contributed by atoms with Gasteiger partial charge in [0.15, 0.2) is 6.29 Å². The Morgan fingerprint density at radius 2 is 2.03 bits per heavy atom. The van der Waals surface area contributed by atoms with Gasteiger partial charge in [-0.1, -0.05) is 38.0 Å². The molecule has 0 amide bonds. The van der Waals surface area contributed by atoms with Crippen molar-refractivity contribution in [1.82, 2.24) is 15.0 Å². The number of unbranched alkanes of at least 4 members (excludes halogenated alkanes) is 2. The van der Waals surface area contributed by atoms with Crippen molar-refractivity contribution in [3.8, 4) is 0 Å². The molecule has 0 radical (unpaired) electrons. The predicted octanol–water partition coefficient (Wildman–Crippen LogP) is 3.55. The van der Waals surface area contributed by atoms with Gasteiger partial charge in [0.2, 0.25) is 0 Å². The number of hydrogen-bond acceptors (Lipinski definition) is 6. The fraction of sp³-hybridized carbons (Fsp3) is 0.818. The quantitative estimate of drug-likeness (QED) is 0.543. The van der Waals surface area contributed by atoms with Crippen LogP contribution in [0.2, 0.25) is 0 Å². The van der Waals surface area contributed by atoms with E-state index in [4.69, 9.17) is 9.47 Å². The molecule has 7 heteroatoms. The van der Waals surface area contributed by atoms with E-state index >= 15 is 0 Å². The van der Waals surface area contributed by atoms with E-state index in [2.05, 4.69) is 37.2 Å². The molecule has 29 heavy (non-hydrogen) atoms. The van der Waals surface area contributed by atoms with Gasteiger partial charge in [-0.3, -0.25) is 4.68 Å². The predicted molar refractivity (Wildman–Crippen MR) is 113 cm³/mol. The van der Waals surface area contributed by atoms with Gasteiger partial charge in [-0.2, -0.15) is 0 Å². The van der Waals surface area contributed by atoms with Crippen molar-refractivity contribution in [2.75, 3.05) is 0 Å². The molecule has 1 fully saturated rings. The van der Waals surface area contributed by atoms with E-state index in [1.165, 1.54) is 5.57 Å². The zero-order valence-electron chi connectivity index (χ0n) is 18.6. The largest absolute Gasteiger partial charge is 0.390 e. The standard InChI is InChI=1S/C22H39N3O4/c1-15(2)10-11-16(3)19-14-25(24-23-19)12-8-6-7-9-17(4)28-22-21(27)13-20(26)18(5)29-22/h11,14-15,17-18,20-22,26-27H,6-10,12-13H2,1-5H3. The Bertz CT molecular complexity index is 631. The number of aliphatic hydroxyl groups is 2. The number of aromatic nitrogens is 3. The molecular formula is C22H39N3O4. The van der Waals surface area contributed by atoms with Gasteiger partial charge in [0.05, 0.1) is 24.5 Å². The Kier molecular flexibility index (Phi) is 9.75. The molecule has 5 unspecified atom stereocenters.